The first-order chi connectivity index (χ1) is 12.7. The van der Waals surface area contributed by atoms with E-state index in [0.717, 1.165) is 43.3 Å². The molecule has 134 valence electrons. The maximum atomic E-state index is 10.4. The Balaban J connectivity index is 1.84. The summed E-state index contributed by atoms with van der Waals surface area (Å²) in [4.78, 5) is 10.3. The molecule has 0 aliphatic carbocycles. The van der Waals surface area contributed by atoms with Crippen molar-refractivity contribution >= 4 is 11.5 Å². The zero-order valence-corrected chi connectivity index (χ0v) is 14.8. The number of phenolic OH excluding ortho intramolecular Hbond substituents is 1. The molecule has 26 heavy (non-hydrogen) atoms. The Hall–Kier alpha value is -3.06. The lowest BCUT2D eigenvalue weighted by atomic mass is 10.0. The number of aromatic hydroxyl groups is 1. The van der Waals surface area contributed by atoms with Crippen LogP contribution in [0, 0.1) is 0 Å². The SMILES string of the molecule is C=C/C(=N\N=C(/C)N1CCNCC1)c1ccc(-c2ccncn2)cc1O. The molecule has 0 saturated carbocycles. The molecule has 2 aromatic rings. The lowest BCUT2D eigenvalue weighted by Crippen LogP contribution is -2.45. The highest BCUT2D eigenvalue weighted by Gasteiger charge is 2.12. The van der Waals surface area contributed by atoms with Crippen LogP contribution >= 0.6 is 0 Å². The fourth-order valence-corrected chi connectivity index (χ4v) is 2.75. The van der Waals surface area contributed by atoms with Crippen molar-refractivity contribution in [3.05, 3.63) is 55.0 Å². The van der Waals surface area contributed by atoms with Crippen molar-refractivity contribution in [3.63, 3.8) is 0 Å². The van der Waals surface area contributed by atoms with Crippen LogP contribution in [0.15, 0.2) is 59.6 Å². The summed E-state index contributed by atoms with van der Waals surface area (Å²) >= 11 is 0. The summed E-state index contributed by atoms with van der Waals surface area (Å²) in [5.74, 6) is 0.956. The largest absolute Gasteiger partial charge is 0.507 e. The second-order valence-corrected chi connectivity index (χ2v) is 5.90. The number of allylic oxidation sites excluding steroid dienone is 1. The third-order valence-corrected chi connectivity index (χ3v) is 4.22. The van der Waals surface area contributed by atoms with E-state index in [0.29, 0.717) is 11.3 Å². The van der Waals surface area contributed by atoms with Gasteiger partial charge in [-0.1, -0.05) is 12.6 Å². The van der Waals surface area contributed by atoms with Gasteiger partial charge < -0.3 is 15.3 Å². The van der Waals surface area contributed by atoms with Gasteiger partial charge in [-0.2, -0.15) is 0 Å². The van der Waals surface area contributed by atoms with Gasteiger partial charge in [-0.3, -0.25) is 0 Å². The van der Waals surface area contributed by atoms with Crippen LogP contribution in [0.2, 0.25) is 0 Å². The molecule has 1 aliphatic heterocycles. The molecule has 1 aromatic heterocycles. The first-order valence-electron chi connectivity index (χ1n) is 8.49. The standard InChI is InChI=1S/C19H22N6O/c1-3-17(24-23-14(2)25-10-8-20-9-11-25)16-5-4-15(12-19(16)26)18-6-7-21-13-22-18/h3-7,12-13,20,26H,1,8-11H2,2H3/b23-14+,24-17+. The van der Waals surface area contributed by atoms with Crippen molar-refractivity contribution in [2.24, 2.45) is 10.2 Å². The molecule has 0 bridgehead atoms. The minimum absolute atomic E-state index is 0.106. The van der Waals surface area contributed by atoms with Crippen molar-refractivity contribution in [1.82, 2.24) is 20.2 Å². The fourth-order valence-electron chi connectivity index (χ4n) is 2.75. The number of benzene rings is 1. The van der Waals surface area contributed by atoms with Gasteiger partial charge in [0.1, 0.15) is 17.9 Å². The Labute approximate surface area is 152 Å². The molecule has 7 heteroatoms. The molecule has 0 atom stereocenters. The van der Waals surface area contributed by atoms with E-state index in [2.05, 4.69) is 37.0 Å². The number of hydrogen-bond acceptors (Lipinski definition) is 6. The second-order valence-electron chi connectivity index (χ2n) is 5.90. The molecule has 1 saturated heterocycles. The number of rotatable bonds is 4. The molecule has 0 radical (unpaired) electrons. The van der Waals surface area contributed by atoms with Crippen LogP contribution in [0.1, 0.15) is 12.5 Å². The molecule has 0 spiro atoms. The maximum Gasteiger partial charge on any atom is 0.125 e. The normalized spacial score (nSPS) is 15.8. The Bertz CT molecular complexity index is 825. The number of phenols is 1. The summed E-state index contributed by atoms with van der Waals surface area (Å²) in [6, 6.07) is 7.12. The monoisotopic (exact) mass is 350 g/mol. The predicted octanol–water partition coefficient (Wildman–Crippen LogP) is 2.06. The lowest BCUT2D eigenvalue weighted by molar-refractivity contribution is 0.355. The second kappa shape index (κ2) is 8.35. The predicted molar refractivity (Wildman–Crippen MR) is 103 cm³/mol. The van der Waals surface area contributed by atoms with E-state index < -0.39 is 0 Å². The molecule has 2 heterocycles. The first kappa shape index (κ1) is 17.8. The fraction of sp³-hybridized carbons (Fsp3) is 0.263. The summed E-state index contributed by atoms with van der Waals surface area (Å²) in [6.07, 6.45) is 4.73. The Morgan fingerprint density at radius 2 is 2.08 bits per heavy atom. The smallest absolute Gasteiger partial charge is 0.125 e. The van der Waals surface area contributed by atoms with Gasteiger partial charge in [-0.15, -0.1) is 10.2 Å². The van der Waals surface area contributed by atoms with E-state index in [1.807, 2.05) is 13.0 Å². The number of nitrogens with one attached hydrogen (secondary N) is 1. The summed E-state index contributed by atoms with van der Waals surface area (Å²) < 4.78 is 0. The average molecular weight is 350 g/mol. The van der Waals surface area contributed by atoms with Gasteiger partial charge in [0.05, 0.1) is 11.4 Å². The minimum atomic E-state index is 0.106. The highest BCUT2D eigenvalue weighted by Crippen LogP contribution is 2.26. The van der Waals surface area contributed by atoms with Gasteiger partial charge in [0.2, 0.25) is 0 Å². The summed E-state index contributed by atoms with van der Waals surface area (Å²) in [5.41, 5.74) is 2.64. The number of hydrogen-bond donors (Lipinski definition) is 2. The highest BCUT2D eigenvalue weighted by atomic mass is 16.3. The topological polar surface area (TPSA) is 86.0 Å². The van der Waals surface area contributed by atoms with Crippen molar-refractivity contribution in [1.29, 1.82) is 0 Å². The molecule has 3 rings (SSSR count). The van der Waals surface area contributed by atoms with Crippen LogP contribution in [0.3, 0.4) is 0 Å². The minimum Gasteiger partial charge on any atom is -0.507 e. The van der Waals surface area contributed by atoms with Crippen molar-refractivity contribution in [2.45, 2.75) is 6.92 Å². The van der Waals surface area contributed by atoms with E-state index in [1.165, 1.54) is 6.33 Å². The Morgan fingerprint density at radius 1 is 1.27 bits per heavy atom. The van der Waals surface area contributed by atoms with Gasteiger partial charge >= 0.3 is 0 Å². The van der Waals surface area contributed by atoms with Crippen LogP contribution in [-0.4, -0.2) is 57.7 Å². The lowest BCUT2D eigenvalue weighted by Gasteiger charge is -2.28. The van der Waals surface area contributed by atoms with E-state index in [1.54, 1.807) is 30.5 Å². The third-order valence-electron chi connectivity index (χ3n) is 4.22. The van der Waals surface area contributed by atoms with Gasteiger partial charge in [0.25, 0.3) is 0 Å². The van der Waals surface area contributed by atoms with Gasteiger partial charge in [0.15, 0.2) is 0 Å². The molecular formula is C19H22N6O. The number of amidine groups is 1. The molecular weight excluding hydrogens is 328 g/mol. The number of aromatic nitrogens is 2. The van der Waals surface area contributed by atoms with Crippen molar-refractivity contribution in [3.8, 4) is 17.0 Å². The average Bonchev–Trinajstić information content (AvgIpc) is 2.70. The van der Waals surface area contributed by atoms with E-state index >= 15 is 0 Å². The molecule has 1 fully saturated rings. The first-order valence-corrected chi connectivity index (χ1v) is 8.49. The number of nitrogens with zero attached hydrogens (tertiary/aromatic N) is 5. The Morgan fingerprint density at radius 3 is 2.73 bits per heavy atom. The molecule has 0 unspecified atom stereocenters. The van der Waals surface area contributed by atoms with Gasteiger partial charge in [-0.25, -0.2) is 9.97 Å². The maximum absolute atomic E-state index is 10.4. The number of piperazine rings is 1. The molecule has 2 N–H and O–H groups in total. The van der Waals surface area contributed by atoms with Crippen molar-refractivity contribution < 1.29 is 5.11 Å². The third kappa shape index (κ3) is 4.12. The zero-order valence-electron chi connectivity index (χ0n) is 14.8. The van der Waals surface area contributed by atoms with Crippen LogP contribution in [0.5, 0.6) is 5.75 Å². The van der Waals surface area contributed by atoms with Crippen LogP contribution in [-0.2, 0) is 0 Å². The highest BCUT2D eigenvalue weighted by molar-refractivity contribution is 6.10. The quantitative estimate of drug-likeness (QED) is 0.501. The summed E-state index contributed by atoms with van der Waals surface area (Å²) in [6.45, 7) is 9.43. The molecule has 0 amide bonds. The van der Waals surface area contributed by atoms with E-state index in [4.69, 9.17) is 0 Å². The van der Waals surface area contributed by atoms with Gasteiger partial charge in [-0.05, 0) is 31.2 Å². The van der Waals surface area contributed by atoms with Crippen molar-refractivity contribution in [2.75, 3.05) is 26.2 Å². The summed E-state index contributed by atoms with van der Waals surface area (Å²) in [7, 11) is 0. The zero-order chi connectivity index (χ0) is 18.4. The molecule has 1 aliphatic rings. The van der Waals surface area contributed by atoms with Crippen LogP contribution < -0.4 is 5.32 Å². The molecule has 7 nitrogen and oxygen atoms in total. The Kier molecular flexibility index (Phi) is 5.70. The molecule has 1 aromatic carbocycles. The van der Waals surface area contributed by atoms with Crippen LogP contribution in [0.25, 0.3) is 11.3 Å². The van der Waals surface area contributed by atoms with Gasteiger partial charge in [0, 0.05) is 43.5 Å². The van der Waals surface area contributed by atoms with E-state index in [-0.39, 0.29) is 5.75 Å². The van der Waals surface area contributed by atoms with Crippen LogP contribution in [0.4, 0.5) is 0 Å². The van der Waals surface area contributed by atoms with E-state index in [9.17, 15) is 5.11 Å². The summed E-state index contributed by atoms with van der Waals surface area (Å²) in [5, 5.41) is 22.3.